The number of ether oxygens (including phenoxy) is 1. The molecule has 0 aliphatic heterocycles. The van der Waals surface area contributed by atoms with Crippen LogP contribution in [0.25, 0.3) is 17.1 Å². The number of amides is 1. The van der Waals surface area contributed by atoms with Gasteiger partial charge in [0, 0.05) is 34.4 Å². The summed E-state index contributed by atoms with van der Waals surface area (Å²) in [5.41, 5.74) is 3.36. The Kier molecular flexibility index (Phi) is 6.72. The van der Waals surface area contributed by atoms with Crippen LogP contribution in [0.2, 0.25) is 5.02 Å². The normalized spacial score (nSPS) is 10.7. The summed E-state index contributed by atoms with van der Waals surface area (Å²) >= 11 is 7.36. The highest BCUT2D eigenvalue weighted by molar-refractivity contribution is 7.99. The standard InChI is InChI=1S/C23H20ClN5O2S/c1-15-3-4-17(24)13-20(15)26-21(30)14-32-23-28-27-22(16-9-11-25-12-10-16)29(23)18-5-7-19(31-2)8-6-18/h3-13H,14H2,1-2H3,(H,26,30). The third-order valence-electron chi connectivity index (χ3n) is 4.71. The van der Waals surface area contributed by atoms with Crippen molar-refractivity contribution in [3.63, 3.8) is 0 Å². The molecule has 0 unspecified atom stereocenters. The predicted molar refractivity (Wildman–Crippen MR) is 127 cm³/mol. The van der Waals surface area contributed by atoms with E-state index < -0.39 is 0 Å². The molecule has 32 heavy (non-hydrogen) atoms. The Hall–Kier alpha value is -3.36. The van der Waals surface area contributed by atoms with Crippen LogP contribution in [-0.2, 0) is 4.79 Å². The van der Waals surface area contributed by atoms with Gasteiger partial charge in [-0.2, -0.15) is 0 Å². The van der Waals surface area contributed by atoms with Gasteiger partial charge < -0.3 is 10.1 Å². The fourth-order valence-corrected chi connectivity index (χ4v) is 3.98. The number of nitrogens with one attached hydrogen (secondary N) is 1. The van der Waals surface area contributed by atoms with Crippen molar-refractivity contribution >= 4 is 35.0 Å². The zero-order chi connectivity index (χ0) is 22.5. The van der Waals surface area contributed by atoms with Crippen molar-refractivity contribution in [3.05, 3.63) is 77.6 Å². The zero-order valence-electron chi connectivity index (χ0n) is 17.4. The minimum Gasteiger partial charge on any atom is -0.497 e. The number of hydrogen-bond donors (Lipinski definition) is 1. The van der Waals surface area contributed by atoms with Crippen LogP contribution in [0.3, 0.4) is 0 Å². The second kappa shape index (κ2) is 9.84. The minimum absolute atomic E-state index is 0.157. The maximum atomic E-state index is 12.6. The van der Waals surface area contributed by atoms with Gasteiger partial charge in [-0.05, 0) is 61.0 Å². The molecule has 0 spiro atoms. The number of pyridine rings is 1. The second-order valence-electron chi connectivity index (χ2n) is 6.87. The number of anilines is 1. The lowest BCUT2D eigenvalue weighted by atomic mass is 10.2. The highest BCUT2D eigenvalue weighted by Crippen LogP contribution is 2.29. The van der Waals surface area contributed by atoms with Crippen LogP contribution in [0.1, 0.15) is 5.56 Å². The summed E-state index contributed by atoms with van der Waals surface area (Å²) in [5, 5.41) is 12.8. The lowest BCUT2D eigenvalue weighted by molar-refractivity contribution is -0.113. The summed E-state index contributed by atoms with van der Waals surface area (Å²) in [5.74, 6) is 1.41. The van der Waals surface area contributed by atoms with Crippen LogP contribution in [0.5, 0.6) is 5.75 Å². The zero-order valence-corrected chi connectivity index (χ0v) is 19.0. The monoisotopic (exact) mass is 465 g/mol. The van der Waals surface area contributed by atoms with Crippen LogP contribution in [0.15, 0.2) is 72.1 Å². The number of methoxy groups -OCH3 is 1. The van der Waals surface area contributed by atoms with Gasteiger partial charge in [0.15, 0.2) is 11.0 Å². The molecular weight excluding hydrogens is 446 g/mol. The van der Waals surface area contributed by atoms with E-state index in [1.165, 1.54) is 11.8 Å². The third-order valence-corrected chi connectivity index (χ3v) is 5.87. The van der Waals surface area contributed by atoms with Crippen LogP contribution < -0.4 is 10.1 Å². The molecule has 0 fully saturated rings. The summed E-state index contributed by atoms with van der Waals surface area (Å²) in [6.45, 7) is 1.92. The molecule has 0 bridgehead atoms. The van der Waals surface area contributed by atoms with Crippen molar-refractivity contribution in [3.8, 4) is 22.8 Å². The van der Waals surface area contributed by atoms with Gasteiger partial charge in [-0.1, -0.05) is 29.4 Å². The van der Waals surface area contributed by atoms with Crippen molar-refractivity contribution < 1.29 is 9.53 Å². The number of carbonyl (C=O) groups excluding carboxylic acids is 1. The van der Waals surface area contributed by atoms with Crippen molar-refractivity contribution in [2.75, 3.05) is 18.2 Å². The molecule has 2 aromatic heterocycles. The van der Waals surface area contributed by atoms with Gasteiger partial charge in [-0.3, -0.25) is 14.3 Å². The summed E-state index contributed by atoms with van der Waals surface area (Å²) in [7, 11) is 1.62. The Morgan fingerprint density at radius 3 is 2.56 bits per heavy atom. The number of rotatable bonds is 7. The van der Waals surface area contributed by atoms with E-state index >= 15 is 0 Å². The summed E-state index contributed by atoms with van der Waals surface area (Å²) < 4.78 is 7.18. The summed E-state index contributed by atoms with van der Waals surface area (Å²) in [6.07, 6.45) is 3.41. The van der Waals surface area contributed by atoms with E-state index in [0.29, 0.717) is 21.7 Å². The molecule has 0 aliphatic carbocycles. The van der Waals surface area contributed by atoms with Gasteiger partial charge in [-0.15, -0.1) is 10.2 Å². The Labute approximate surface area is 194 Å². The van der Waals surface area contributed by atoms with Crippen molar-refractivity contribution in [2.45, 2.75) is 12.1 Å². The first-order valence-corrected chi connectivity index (χ1v) is 11.1. The fourth-order valence-electron chi connectivity index (χ4n) is 3.06. The lowest BCUT2D eigenvalue weighted by Crippen LogP contribution is -2.15. The quantitative estimate of drug-likeness (QED) is 0.385. The van der Waals surface area contributed by atoms with Crippen molar-refractivity contribution in [2.24, 2.45) is 0 Å². The molecule has 0 aliphatic rings. The van der Waals surface area contributed by atoms with E-state index in [4.69, 9.17) is 16.3 Å². The minimum atomic E-state index is -0.157. The molecule has 1 N–H and O–H groups in total. The molecule has 7 nitrogen and oxygen atoms in total. The van der Waals surface area contributed by atoms with Gasteiger partial charge in [0.05, 0.1) is 12.9 Å². The Morgan fingerprint density at radius 1 is 1.09 bits per heavy atom. The molecule has 0 saturated carbocycles. The van der Waals surface area contributed by atoms with Gasteiger partial charge in [0.25, 0.3) is 0 Å². The molecule has 4 rings (SSSR count). The Morgan fingerprint density at radius 2 is 1.84 bits per heavy atom. The molecule has 2 heterocycles. The lowest BCUT2D eigenvalue weighted by Gasteiger charge is -2.12. The number of benzene rings is 2. The Bertz CT molecular complexity index is 1230. The number of carbonyl (C=O) groups is 1. The molecule has 0 radical (unpaired) electrons. The third kappa shape index (κ3) is 4.92. The predicted octanol–water partition coefficient (Wildman–Crippen LogP) is 5.03. The van der Waals surface area contributed by atoms with E-state index in [9.17, 15) is 4.79 Å². The molecule has 9 heteroatoms. The smallest absolute Gasteiger partial charge is 0.234 e. The van der Waals surface area contributed by atoms with E-state index in [-0.39, 0.29) is 11.7 Å². The second-order valence-corrected chi connectivity index (χ2v) is 8.25. The molecule has 1 amide bonds. The molecule has 0 saturated heterocycles. The van der Waals surface area contributed by atoms with Gasteiger partial charge in [-0.25, -0.2) is 0 Å². The number of aromatic nitrogens is 4. The average Bonchev–Trinajstić information content (AvgIpc) is 3.25. The molecular formula is C23H20ClN5O2S. The summed E-state index contributed by atoms with van der Waals surface area (Å²) in [4.78, 5) is 16.7. The maximum absolute atomic E-state index is 12.6. The molecule has 162 valence electrons. The van der Waals surface area contributed by atoms with Gasteiger partial charge in [0.1, 0.15) is 5.75 Å². The van der Waals surface area contributed by atoms with E-state index in [0.717, 1.165) is 22.6 Å². The van der Waals surface area contributed by atoms with Crippen molar-refractivity contribution in [1.29, 1.82) is 0 Å². The highest BCUT2D eigenvalue weighted by atomic mass is 35.5. The number of nitrogens with zero attached hydrogens (tertiary/aromatic N) is 4. The van der Waals surface area contributed by atoms with Gasteiger partial charge in [0.2, 0.25) is 5.91 Å². The Balaban J connectivity index is 1.60. The molecule has 2 aromatic carbocycles. The van der Waals surface area contributed by atoms with Gasteiger partial charge >= 0.3 is 0 Å². The number of halogens is 1. The van der Waals surface area contributed by atoms with E-state index in [1.54, 1.807) is 31.6 Å². The first kappa shape index (κ1) is 21.9. The van der Waals surface area contributed by atoms with Crippen molar-refractivity contribution in [1.82, 2.24) is 19.7 Å². The highest BCUT2D eigenvalue weighted by Gasteiger charge is 2.18. The largest absolute Gasteiger partial charge is 0.497 e. The van der Waals surface area contributed by atoms with Crippen LogP contribution >= 0.6 is 23.4 Å². The number of hydrogen-bond acceptors (Lipinski definition) is 6. The molecule has 0 atom stereocenters. The summed E-state index contributed by atoms with van der Waals surface area (Å²) in [6, 6.07) is 16.7. The first-order chi connectivity index (χ1) is 15.5. The SMILES string of the molecule is COc1ccc(-n2c(SCC(=O)Nc3cc(Cl)ccc3C)nnc2-c2ccncc2)cc1. The van der Waals surface area contributed by atoms with Crippen LogP contribution in [0.4, 0.5) is 5.69 Å². The van der Waals surface area contributed by atoms with Crippen LogP contribution in [0, 0.1) is 6.92 Å². The van der Waals surface area contributed by atoms with E-state index in [1.807, 2.05) is 54.0 Å². The fraction of sp³-hybridized carbons (Fsp3) is 0.130. The maximum Gasteiger partial charge on any atom is 0.234 e. The first-order valence-electron chi connectivity index (χ1n) is 9.74. The topological polar surface area (TPSA) is 81.9 Å². The average molecular weight is 466 g/mol. The van der Waals surface area contributed by atoms with Crippen LogP contribution in [-0.4, -0.2) is 38.5 Å². The van der Waals surface area contributed by atoms with E-state index in [2.05, 4.69) is 20.5 Å². The number of aryl methyl sites for hydroxylation is 1. The number of thioether (sulfide) groups is 1. The molecule has 4 aromatic rings.